The van der Waals surface area contributed by atoms with Crippen LogP contribution in [-0.2, 0) is 20.9 Å². The van der Waals surface area contributed by atoms with Gasteiger partial charge in [-0.2, -0.15) is 0 Å². The molecule has 6 heteroatoms. The van der Waals surface area contributed by atoms with Gasteiger partial charge in [0.25, 0.3) is 0 Å². The molecule has 0 spiro atoms. The average molecular weight is 321 g/mol. The van der Waals surface area contributed by atoms with Gasteiger partial charge in [0.15, 0.2) is 0 Å². The van der Waals surface area contributed by atoms with Crippen LogP contribution in [0.1, 0.15) is 25.3 Å². The second kappa shape index (κ2) is 10.4. The summed E-state index contributed by atoms with van der Waals surface area (Å²) in [4.78, 5) is 23.7. The van der Waals surface area contributed by atoms with Gasteiger partial charge in [-0.05, 0) is 25.3 Å². The summed E-state index contributed by atoms with van der Waals surface area (Å²) in [5, 5.41) is 11.8. The number of benzene rings is 1. The maximum atomic E-state index is 11.9. The van der Waals surface area contributed by atoms with Crippen LogP contribution in [0.4, 0.5) is 4.79 Å². The van der Waals surface area contributed by atoms with E-state index < -0.39 is 24.2 Å². The summed E-state index contributed by atoms with van der Waals surface area (Å²) in [5.41, 5.74) is 0.845. The van der Waals surface area contributed by atoms with Crippen molar-refractivity contribution in [2.45, 2.75) is 38.5 Å². The Labute approximate surface area is 136 Å². The van der Waals surface area contributed by atoms with E-state index in [1.54, 1.807) is 6.92 Å². The molecule has 23 heavy (non-hydrogen) atoms. The van der Waals surface area contributed by atoms with Crippen LogP contribution in [0.3, 0.4) is 0 Å². The first kappa shape index (κ1) is 18.7. The molecule has 126 valence electrons. The highest BCUT2D eigenvalue weighted by Crippen LogP contribution is 2.06. The molecule has 0 fully saturated rings. The molecule has 0 aliphatic heterocycles. The Bertz CT molecular complexity index is 501. The normalized spacial score (nSPS) is 12.8. The van der Waals surface area contributed by atoms with Crippen LogP contribution in [0.2, 0.25) is 0 Å². The zero-order chi connectivity index (χ0) is 17.1. The standard InChI is InChI=1S/C17H23NO5/c1-3-11-22-16(20)15(10-9-13(2)19)18-17(21)23-12-14-7-5-4-6-8-14/h3-8,13,15,19H,1,9-12H2,2H3,(H,18,21)/t13-,15-/m0/s1. The molecule has 1 rings (SSSR count). The van der Waals surface area contributed by atoms with Crippen molar-refractivity contribution in [3.05, 3.63) is 48.6 Å². The van der Waals surface area contributed by atoms with E-state index in [4.69, 9.17) is 9.47 Å². The number of rotatable bonds is 9. The summed E-state index contributed by atoms with van der Waals surface area (Å²) in [7, 11) is 0. The molecular weight excluding hydrogens is 298 g/mol. The van der Waals surface area contributed by atoms with Crippen LogP contribution in [0.5, 0.6) is 0 Å². The average Bonchev–Trinajstić information content (AvgIpc) is 2.55. The summed E-state index contributed by atoms with van der Waals surface area (Å²) in [6.07, 6.45) is 0.768. The zero-order valence-electron chi connectivity index (χ0n) is 13.2. The molecular formula is C17H23NO5. The first-order valence-corrected chi connectivity index (χ1v) is 7.45. The SMILES string of the molecule is C=CCOC(=O)[C@H](CC[C@H](C)O)NC(=O)OCc1ccccc1. The van der Waals surface area contributed by atoms with Crippen LogP contribution in [0, 0.1) is 0 Å². The van der Waals surface area contributed by atoms with Gasteiger partial charge in [0.05, 0.1) is 6.10 Å². The summed E-state index contributed by atoms with van der Waals surface area (Å²) in [5.74, 6) is -0.581. The summed E-state index contributed by atoms with van der Waals surface area (Å²) >= 11 is 0. The summed E-state index contributed by atoms with van der Waals surface area (Å²) in [6, 6.07) is 8.34. The lowest BCUT2D eigenvalue weighted by Gasteiger charge is -2.17. The number of nitrogens with one attached hydrogen (secondary N) is 1. The van der Waals surface area contributed by atoms with Crippen molar-refractivity contribution in [1.82, 2.24) is 5.32 Å². The van der Waals surface area contributed by atoms with Gasteiger partial charge in [-0.3, -0.25) is 0 Å². The largest absolute Gasteiger partial charge is 0.460 e. The molecule has 0 aromatic heterocycles. The van der Waals surface area contributed by atoms with Gasteiger partial charge in [0.2, 0.25) is 0 Å². The molecule has 1 aromatic rings. The second-order valence-electron chi connectivity index (χ2n) is 5.10. The van der Waals surface area contributed by atoms with E-state index in [0.717, 1.165) is 5.56 Å². The van der Waals surface area contributed by atoms with Crippen LogP contribution in [0.15, 0.2) is 43.0 Å². The fourth-order valence-electron chi connectivity index (χ4n) is 1.81. The number of aliphatic hydroxyl groups is 1. The Morgan fingerprint density at radius 2 is 1.96 bits per heavy atom. The summed E-state index contributed by atoms with van der Waals surface area (Å²) < 4.78 is 10.0. The number of esters is 1. The van der Waals surface area contributed by atoms with E-state index in [1.165, 1.54) is 6.08 Å². The molecule has 2 atom stereocenters. The smallest absolute Gasteiger partial charge is 0.408 e. The molecule has 1 amide bonds. The Kier molecular flexibility index (Phi) is 8.46. The lowest BCUT2D eigenvalue weighted by molar-refractivity contribution is -0.145. The predicted octanol–water partition coefficient (Wildman–Crippen LogP) is 2.17. The lowest BCUT2D eigenvalue weighted by atomic mass is 10.1. The van der Waals surface area contributed by atoms with Gasteiger partial charge < -0.3 is 19.9 Å². The van der Waals surface area contributed by atoms with Gasteiger partial charge in [0.1, 0.15) is 19.3 Å². The van der Waals surface area contributed by atoms with Crippen molar-refractivity contribution in [1.29, 1.82) is 0 Å². The molecule has 2 N–H and O–H groups in total. The molecule has 1 aromatic carbocycles. The highest BCUT2D eigenvalue weighted by Gasteiger charge is 2.23. The number of hydrogen-bond donors (Lipinski definition) is 2. The van der Waals surface area contributed by atoms with Gasteiger partial charge in [-0.15, -0.1) is 0 Å². The quantitative estimate of drug-likeness (QED) is 0.538. The Morgan fingerprint density at radius 1 is 1.26 bits per heavy atom. The number of alkyl carbamates (subject to hydrolysis) is 1. The van der Waals surface area contributed by atoms with E-state index in [0.29, 0.717) is 6.42 Å². The molecule has 0 radical (unpaired) electrons. The minimum Gasteiger partial charge on any atom is -0.460 e. The zero-order valence-corrected chi connectivity index (χ0v) is 13.2. The summed E-state index contributed by atoms with van der Waals surface area (Å²) in [6.45, 7) is 5.24. The third-order valence-electron chi connectivity index (χ3n) is 3.01. The second-order valence-corrected chi connectivity index (χ2v) is 5.10. The number of carbonyl (C=O) groups is 2. The highest BCUT2D eigenvalue weighted by atomic mass is 16.6. The minimum absolute atomic E-state index is 0.0603. The predicted molar refractivity (Wildman–Crippen MR) is 85.6 cm³/mol. The third-order valence-corrected chi connectivity index (χ3v) is 3.01. The molecule has 0 aliphatic carbocycles. The van der Waals surface area contributed by atoms with Crippen molar-refractivity contribution >= 4 is 12.1 Å². The monoisotopic (exact) mass is 321 g/mol. The van der Waals surface area contributed by atoms with Crippen molar-refractivity contribution in [3.63, 3.8) is 0 Å². The fourth-order valence-corrected chi connectivity index (χ4v) is 1.81. The van der Waals surface area contributed by atoms with E-state index in [2.05, 4.69) is 11.9 Å². The van der Waals surface area contributed by atoms with Gasteiger partial charge in [0, 0.05) is 0 Å². The molecule has 0 heterocycles. The fraction of sp³-hybridized carbons (Fsp3) is 0.412. The van der Waals surface area contributed by atoms with Gasteiger partial charge in [-0.1, -0.05) is 43.0 Å². The van der Waals surface area contributed by atoms with Gasteiger partial charge in [-0.25, -0.2) is 9.59 Å². The number of amides is 1. The highest BCUT2D eigenvalue weighted by molar-refractivity contribution is 5.81. The number of carbonyl (C=O) groups excluding carboxylic acids is 2. The number of ether oxygens (including phenoxy) is 2. The third kappa shape index (κ3) is 8.01. The maximum absolute atomic E-state index is 11.9. The van der Waals surface area contributed by atoms with E-state index in [9.17, 15) is 14.7 Å². The number of aliphatic hydroxyl groups excluding tert-OH is 1. The Balaban J connectivity index is 2.51. The molecule has 0 aliphatic rings. The maximum Gasteiger partial charge on any atom is 0.408 e. The Morgan fingerprint density at radius 3 is 2.57 bits per heavy atom. The number of hydrogen-bond acceptors (Lipinski definition) is 5. The molecule has 0 saturated heterocycles. The van der Waals surface area contributed by atoms with Crippen LogP contribution < -0.4 is 5.32 Å². The first-order chi connectivity index (χ1) is 11.0. The van der Waals surface area contributed by atoms with Crippen LogP contribution >= 0.6 is 0 Å². The first-order valence-electron chi connectivity index (χ1n) is 7.45. The van der Waals surface area contributed by atoms with Crippen LogP contribution in [-0.4, -0.2) is 35.9 Å². The van der Waals surface area contributed by atoms with Crippen molar-refractivity contribution in [3.8, 4) is 0 Å². The van der Waals surface area contributed by atoms with Crippen molar-refractivity contribution in [2.24, 2.45) is 0 Å². The Hall–Kier alpha value is -2.34. The molecule has 6 nitrogen and oxygen atoms in total. The lowest BCUT2D eigenvalue weighted by Crippen LogP contribution is -2.42. The van der Waals surface area contributed by atoms with E-state index >= 15 is 0 Å². The van der Waals surface area contributed by atoms with Crippen molar-refractivity contribution in [2.75, 3.05) is 6.61 Å². The molecule has 0 bridgehead atoms. The van der Waals surface area contributed by atoms with Gasteiger partial charge >= 0.3 is 12.1 Å². The van der Waals surface area contributed by atoms with Crippen LogP contribution in [0.25, 0.3) is 0 Å². The van der Waals surface area contributed by atoms with Crippen molar-refractivity contribution < 1.29 is 24.2 Å². The van der Waals surface area contributed by atoms with E-state index in [1.807, 2.05) is 30.3 Å². The van der Waals surface area contributed by atoms with E-state index in [-0.39, 0.29) is 19.6 Å². The molecule has 0 unspecified atom stereocenters. The minimum atomic E-state index is -0.868. The molecule has 0 saturated carbocycles. The topological polar surface area (TPSA) is 84.9 Å².